The van der Waals surface area contributed by atoms with Gasteiger partial charge in [-0.1, -0.05) is 13.3 Å². The molecule has 0 aromatic carbocycles. The number of pyridine rings is 1. The van der Waals surface area contributed by atoms with Crippen LogP contribution in [0.2, 0.25) is 0 Å². The van der Waals surface area contributed by atoms with Crippen LogP contribution >= 0.6 is 0 Å². The van der Waals surface area contributed by atoms with E-state index in [-0.39, 0.29) is 0 Å². The Balaban J connectivity index is 1.83. The number of rotatable bonds is 6. The fourth-order valence-corrected chi connectivity index (χ4v) is 2.64. The molecule has 1 unspecified atom stereocenters. The van der Waals surface area contributed by atoms with Crippen LogP contribution in [-0.4, -0.2) is 33.0 Å². The first-order valence-electron chi connectivity index (χ1n) is 7.78. The molecule has 0 aliphatic carbocycles. The molecule has 1 aliphatic heterocycles. The van der Waals surface area contributed by atoms with Crippen LogP contribution in [0.25, 0.3) is 11.4 Å². The molecule has 3 rings (SSSR count). The summed E-state index contributed by atoms with van der Waals surface area (Å²) in [6.07, 6.45) is 7.95. The van der Waals surface area contributed by atoms with Crippen LogP contribution in [0.1, 0.15) is 32.0 Å². The van der Waals surface area contributed by atoms with E-state index in [0.717, 1.165) is 62.7 Å². The van der Waals surface area contributed by atoms with E-state index >= 15 is 0 Å². The Morgan fingerprint density at radius 1 is 1.33 bits per heavy atom. The molecule has 5 heteroatoms. The third kappa shape index (κ3) is 3.47. The van der Waals surface area contributed by atoms with Gasteiger partial charge < -0.3 is 4.74 Å². The van der Waals surface area contributed by atoms with E-state index in [1.807, 2.05) is 12.1 Å². The van der Waals surface area contributed by atoms with Gasteiger partial charge in [0.05, 0.1) is 0 Å². The Morgan fingerprint density at radius 3 is 2.90 bits per heavy atom. The van der Waals surface area contributed by atoms with Crippen molar-refractivity contribution in [2.24, 2.45) is 5.92 Å². The second-order valence-corrected chi connectivity index (χ2v) is 5.60. The van der Waals surface area contributed by atoms with Crippen molar-refractivity contribution in [1.82, 2.24) is 19.7 Å². The van der Waals surface area contributed by atoms with Crippen molar-refractivity contribution in [3.63, 3.8) is 0 Å². The van der Waals surface area contributed by atoms with E-state index in [1.165, 1.54) is 0 Å². The van der Waals surface area contributed by atoms with Gasteiger partial charge in [0, 0.05) is 44.1 Å². The third-order valence-electron chi connectivity index (χ3n) is 3.91. The summed E-state index contributed by atoms with van der Waals surface area (Å²) in [6, 6.07) is 3.92. The Hall–Kier alpha value is -1.75. The Kier molecular flexibility index (Phi) is 4.60. The molecule has 0 radical (unpaired) electrons. The molecule has 0 N–H and O–H groups in total. The zero-order chi connectivity index (χ0) is 14.5. The highest BCUT2D eigenvalue weighted by Crippen LogP contribution is 2.20. The van der Waals surface area contributed by atoms with Gasteiger partial charge in [0.15, 0.2) is 5.82 Å². The van der Waals surface area contributed by atoms with Gasteiger partial charge in [-0.05, 0) is 30.9 Å². The average molecular weight is 286 g/mol. The highest BCUT2D eigenvalue weighted by molar-refractivity contribution is 5.53. The molecule has 21 heavy (non-hydrogen) atoms. The first kappa shape index (κ1) is 14.2. The van der Waals surface area contributed by atoms with Gasteiger partial charge in [0.1, 0.15) is 5.82 Å². The first-order valence-corrected chi connectivity index (χ1v) is 7.78. The molecule has 0 saturated carbocycles. The molecule has 0 amide bonds. The van der Waals surface area contributed by atoms with Gasteiger partial charge in [-0.25, -0.2) is 9.67 Å². The molecule has 1 saturated heterocycles. The van der Waals surface area contributed by atoms with Gasteiger partial charge in [-0.3, -0.25) is 4.98 Å². The van der Waals surface area contributed by atoms with Gasteiger partial charge in [0.25, 0.3) is 0 Å². The Bertz CT molecular complexity index is 561. The first-order chi connectivity index (χ1) is 10.4. The number of unbranched alkanes of at least 4 members (excludes halogenated alkanes) is 1. The number of hydrogen-bond donors (Lipinski definition) is 0. The predicted octanol–water partition coefficient (Wildman–Crippen LogP) is 2.72. The highest BCUT2D eigenvalue weighted by Gasteiger charge is 2.20. The second-order valence-electron chi connectivity index (χ2n) is 5.60. The Morgan fingerprint density at radius 2 is 2.19 bits per heavy atom. The summed E-state index contributed by atoms with van der Waals surface area (Å²) in [7, 11) is 0. The van der Waals surface area contributed by atoms with Gasteiger partial charge >= 0.3 is 0 Å². The maximum atomic E-state index is 5.48. The van der Waals surface area contributed by atoms with Gasteiger partial charge in [-0.2, -0.15) is 5.10 Å². The fraction of sp³-hybridized carbons (Fsp3) is 0.562. The summed E-state index contributed by atoms with van der Waals surface area (Å²) in [4.78, 5) is 8.82. The van der Waals surface area contributed by atoms with Crippen LogP contribution in [0.5, 0.6) is 0 Å². The summed E-state index contributed by atoms with van der Waals surface area (Å²) in [6.45, 7) is 4.87. The van der Waals surface area contributed by atoms with E-state index < -0.39 is 0 Å². The van der Waals surface area contributed by atoms with Crippen LogP contribution in [-0.2, 0) is 17.7 Å². The molecular formula is C16H22N4O. The summed E-state index contributed by atoms with van der Waals surface area (Å²) < 4.78 is 7.56. The van der Waals surface area contributed by atoms with Crippen LogP contribution in [0, 0.1) is 5.92 Å². The van der Waals surface area contributed by atoms with Gasteiger partial charge in [0.2, 0.25) is 0 Å². The topological polar surface area (TPSA) is 52.8 Å². The van der Waals surface area contributed by atoms with Crippen molar-refractivity contribution in [2.45, 2.75) is 39.2 Å². The lowest BCUT2D eigenvalue weighted by atomic mass is 10.0. The van der Waals surface area contributed by atoms with Gasteiger partial charge in [-0.15, -0.1) is 0 Å². The fourth-order valence-electron chi connectivity index (χ4n) is 2.64. The number of ether oxygens (including phenoxy) is 1. The van der Waals surface area contributed by atoms with Crippen molar-refractivity contribution < 1.29 is 4.74 Å². The molecule has 3 heterocycles. The molecule has 1 fully saturated rings. The normalized spacial score (nSPS) is 18.2. The summed E-state index contributed by atoms with van der Waals surface area (Å²) in [5.41, 5.74) is 1.03. The van der Waals surface area contributed by atoms with E-state index in [4.69, 9.17) is 14.8 Å². The van der Waals surface area contributed by atoms with Crippen molar-refractivity contribution in [1.29, 1.82) is 0 Å². The molecule has 0 bridgehead atoms. The van der Waals surface area contributed by atoms with Crippen LogP contribution in [0.4, 0.5) is 0 Å². The molecule has 2 aromatic heterocycles. The Labute approximate surface area is 125 Å². The predicted molar refractivity (Wildman–Crippen MR) is 80.8 cm³/mol. The van der Waals surface area contributed by atoms with Crippen molar-refractivity contribution in [3.8, 4) is 11.4 Å². The van der Waals surface area contributed by atoms with E-state index in [9.17, 15) is 0 Å². The summed E-state index contributed by atoms with van der Waals surface area (Å²) in [5, 5.41) is 4.70. The smallest absolute Gasteiger partial charge is 0.181 e. The molecule has 2 aromatic rings. The summed E-state index contributed by atoms with van der Waals surface area (Å²) in [5.74, 6) is 2.48. The largest absolute Gasteiger partial charge is 0.381 e. The zero-order valence-electron chi connectivity index (χ0n) is 12.5. The van der Waals surface area contributed by atoms with E-state index in [1.54, 1.807) is 12.4 Å². The molecule has 0 spiro atoms. The van der Waals surface area contributed by atoms with Crippen molar-refractivity contribution >= 4 is 0 Å². The maximum Gasteiger partial charge on any atom is 0.181 e. The quantitative estimate of drug-likeness (QED) is 0.819. The van der Waals surface area contributed by atoms with Crippen molar-refractivity contribution in [2.75, 3.05) is 13.2 Å². The zero-order valence-corrected chi connectivity index (χ0v) is 12.5. The SMILES string of the molecule is CCCCn1nc(-c2ccncc2)nc1CC1CCOC1. The minimum atomic E-state index is 0.583. The summed E-state index contributed by atoms with van der Waals surface area (Å²) >= 11 is 0. The van der Waals surface area contributed by atoms with Crippen LogP contribution < -0.4 is 0 Å². The molecule has 112 valence electrons. The molecule has 5 nitrogen and oxygen atoms in total. The minimum Gasteiger partial charge on any atom is -0.381 e. The van der Waals surface area contributed by atoms with Crippen molar-refractivity contribution in [3.05, 3.63) is 30.4 Å². The lowest BCUT2D eigenvalue weighted by Crippen LogP contribution is -2.11. The lowest BCUT2D eigenvalue weighted by Gasteiger charge is -2.08. The third-order valence-corrected chi connectivity index (χ3v) is 3.91. The van der Waals surface area contributed by atoms with Crippen LogP contribution in [0.15, 0.2) is 24.5 Å². The monoisotopic (exact) mass is 286 g/mol. The molecule has 1 atom stereocenters. The lowest BCUT2D eigenvalue weighted by molar-refractivity contribution is 0.185. The van der Waals surface area contributed by atoms with E-state index in [2.05, 4.69) is 16.6 Å². The number of nitrogens with zero attached hydrogens (tertiary/aromatic N) is 4. The molecule has 1 aliphatic rings. The van der Waals surface area contributed by atoms with E-state index in [0.29, 0.717) is 5.92 Å². The number of hydrogen-bond acceptors (Lipinski definition) is 4. The standard InChI is InChI=1S/C16H22N4O/c1-2-3-9-20-15(11-13-6-10-21-12-13)18-16(19-20)14-4-7-17-8-5-14/h4-5,7-8,13H,2-3,6,9-12H2,1H3. The number of aromatic nitrogens is 4. The maximum absolute atomic E-state index is 5.48. The molecular weight excluding hydrogens is 264 g/mol. The number of aryl methyl sites for hydroxylation is 1. The van der Waals surface area contributed by atoms with Crippen LogP contribution in [0.3, 0.4) is 0 Å². The average Bonchev–Trinajstić information content (AvgIpc) is 3.17. The highest BCUT2D eigenvalue weighted by atomic mass is 16.5. The second kappa shape index (κ2) is 6.80. The minimum absolute atomic E-state index is 0.583.